The molecule has 0 unspecified atom stereocenters. The van der Waals surface area contributed by atoms with E-state index in [2.05, 4.69) is 159 Å². The summed E-state index contributed by atoms with van der Waals surface area (Å²) < 4.78 is 13.0. The summed E-state index contributed by atoms with van der Waals surface area (Å²) in [6, 6.07) is 53.1. The maximum Gasteiger partial charge on any atom is 0.270 e. The number of aryl methyl sites for hydroxylation is 5. The van der Waals surface area contributed by atoms with Gasteiger partial charge in [0.05, 0.1) is 82.1 Å². The normalized spacial score (nSPS) is 15.8. The van der Waals surface area contributed by atoms with Crippen molar-refractivity contribution >= 4 is 158 Å². The first-order valence-corrected chi connectivity index (χ1v) is 44.0. The van der Waals surface area contributed by atoms with Crippen LogP contribution in [0, 0.1) is 42.7 Å². The molecule has 0 radical (unpaired) electrons. The number of ketones is 2. The fourth-order valence-electron chi connectivity index (χ4n) is 17.7. The summed E-state index contributed by atoms with van der Waals surface area (Å²) in [5, 5.41) is 24.3. The first kappa shape index (κ1) is 75.8. The Morgan fingerprint density at radius 1 is 0.441 bits per heavy atom. The molecule has 0 amide bonds. The molecule has 0 atom stereocenters. The Bertz CT molecular complexity index is 5960. The Morgan fingerprint density at radius 2 is 0.802 bits per heavy atom. The molecule has 0 aliphatic heterocycles. The lowest BCUT2D eigenvalue weighted by Gasteiger charge is -2.34. The van der Waals surface area contributed by atoms with Gasteiger partial charge in [-0.25, -0.2) is 20.2 Å². The van der Waals surface area contributed by atoms with Gasteiger partial charge in [-0.2, -0.15) is 8.75 Å². The highest BCUT2D eigenvalue weighted by molar-refractivity contribution is 7.30. The third-order valence-electron chi connectivity index (χ3n) is 23.2. The molecule has 0 spiro atoms. The second kappa shape index (κ2) is 31.8. The van der Waals surface area contributed by atoms with Gasteiger partial charge >= 0.3 is 0 Å². The molecule has 4 aliphatic rings. The van der Waals surface area contributed by atoms with E-state index in [1.54, 1.807) is 52.2 Å². The molecule has 5 heterocycles. The molecule has 0 saturated heterocycles. The number of carbonyl (C=O) groups excluding carboxylic acids is 2. The van der Waals surface area contributed by atoms with Crippen molar-refractivity contribution in [3.63, 3.8) is 0 Å². The van der Waals surface area contributed by atoms with Crippen molar-refractivity contribution in [1.82, 2.24) is 8.75 Å². The second-order valence-electron chi connectivity index (χ2n) is 29.9. The van der Waals surface area contributed by atoms with Crippen LogP contribution in [0.25, 0.3) is 83.7 Å². The number of hydrogen-bond donors (Lipinski definition) is 0. The average Bonchev–Trinajstić information content (AvgIpc) is 1.49. The number of Topliss-reactive ketones (excluding diaryl/α,β-unsaturated/α-hetero) is 2. The van der Waals surface area contributed by atoms with Gasteiger partial charge in [0.15, 0.2) is 11.6 Å². The van der Waals surface area contributed by atoms with Crippen LogP contribution in [0.4, 0.5) is 0 Å². The lowest BCUT2D eigenvalue weighted by Crippen LogP contribution is -2.29. The number of nitrogens with zero attached hydrogens (tertiary/aromatic N) is 6. The fraction of sp³-hybridized carbons (Fsp3) is 0.284. The Hall–Kier alpha value is -9.19. The second-order valence-corrected chi connectivity index (χ2v) is 35.9. The van der Waals surface area contributed by atoms with Gasteiger partial charge < -0.3 is 0 Å². The summed E-state index contributed by atoms with van der Waals surface area (Å²) in [7, 11) is 0. The Balaban J connectivity index is 1.01. The number of aromatic nitrogens is 2. The van der Waals surface area contributed by atoms with Crippen LogP contribution in [-0.2, 0) is 36.5 Å². The quantitative estimate of drug-likeness (QED) is 0.0231. The van der Waals surface area contributed by atoms with Crippen LogP contribution in [0.15, 0.2) is 156 Å². The maximum atomic E-state index is 15.1. The summed E-state index contributed by atoms with van der Waals surface area (Å²) >= 11 is 28.2. The van der Waals surface area contributed by atoms with Crippen LogP contribution in [0.1, 0.15) is 244 Å². The van der Waals surface area contributed by atoms with Crippen molar-refractivity contribution in [2.45, 2.75) is 174 Å². The van der Waals surface area contributed by atoms with E-state index in [0.29, 0.717) is 27.3 Å². The first-order chi connectivity index (χ1) is 54.2. The molecule has 4 aliphatic carbocycles. The van der Waals surface area contributed by atoms with Crippen LogP contribution in [0.5, 0.6) is 0 Å². The molecule has 0 bridgehead atoms. The molecule has 5 aromatic heterocycles. The van der Waals surface area contributed by atoms with Gasteiger partial charge in [-0.3, -0.25) is 9.59 Å². The zero-order valence-electron chi connectivity index (χ0n) is 62.7. The molecular weight excluding hydrogens is 1520 g/mol. The van der Waals surface area contributed by atoms with E-state index in [0.717, 1.165) is 213 Å². The first-order valence-electron chi connectivity index (χ1n) is 38.9. The summed E-state index contributed by atoms with van der Waals surface area (Å²) in [6.07, 6.45) is 25.9. The Kier molecular flexibility index (Phi) is 21.7. The van der Waals surface area contributed by atoms with Gasteiger partial charge in [-0.1, -0.05) is 243 Å². The number of carbonyl (C=O) groups is 2. The van der Waals surface area contributed by atoms with Crippen molar-refractivity contribution in [2.75, 3.05) is 0 Å². The minimum Gasteiger partial charge on any atom is -0.289 e. The van der Waals surface area contributed by atoms with E-state index in [4.69, 9.17) is 56.7 Å². The SMILES string of the molecule is [C-]#[N+]C(C#N)=C1/C(=C/c2cc3c(s2)-c2sc4c(c2C3(c2ccc(CCCCCC)cc2)c2ccc(CCCCCC)cc2)c2nsnc2c2sc3c(c24)C(c2ccc(CCCCCC)cc2)(c2ccc(CCCCCC)cc2)c2cc(/C=C4\C(=O)c5cc(Cl)c(Cl)cc5\C4=C(\C#N)[N+]#[C-])sc2-3)C(=O)c2cc(Cl)c(C)cc21. The number of benzene rings is 7. The molecule has 7 aromatic carbocycles. The average molecular weight is 1600 g/mol. The Labute approximate surface area is 684 Å². The third-order valence-corrected chi connectivity index (χ3v) is 29.7. The summed E-state index contributed by atoms with van der Waals surface area (Å²) in [5.74, 6) is -0.629. The van der Waals surface area contributed by atoms with Crippen molar-refractivity contribution in [3.05, 3.63) is 298 Å². The van der Waals surface area contributed by atoms with E-state index in [1.165, 1.54) is 59.7 Å². The highest BCUT2D eigenvalue weighted by Crippen LogP contribution is 2.69. The van der Waals surface area contributed by atoms with Gasteiger partial charge in [0.25, 0.3) is 11.4 Å². The van der Waals surface area contributed by atoms with Gasteiger partial charge in [0.2, 0.25) is 0 Å². The van der Waals surface area contributed by atoms with Crippen LogP contribution in [0.3, 0.4) is 0 Å². The molecule has 0 saturated carbocycles. The zero-order chi connectivity index (χ0) is 77.0. The van der Waals surface area contributed by atoms with E-state index in [-0.39, 0.29) is 55.3 Å². The molecular formula is C95H79Cl3N6O2S5. The number of rotatable bonds is 26. The largest absolute Gasteiger partial charge is 0.289 e. The predicted molar refractivity (Wildman–Crippen MR) is 465 cm³/mol. The molecule has 16 rings (SSSR count). The van der Waals surface area contributed by atoms with Crippen molar-refractivity contribution in [2.24, 2.45) is 0 Å². The molecule has 111 heavy (non-hydrogen) atoms. The minimum atomic E-state index is -0.982. The van der Waals surface area contributed by atoms with Gasteiger partial charge in [0, 0.05) is 74.8 Å². The molecule has 0 fully saturated rings. The van der Waals surface area contributed by atoms with Crippen LogP contribution >= 0.6 is 91.9 Å². The maximum absolute atomic E-state index is 15.1. The number of thiophene rings is 4. The third kappa shape index (κ3) is 12.8. The van der Waals surface area contributed by atoms with Gasteiger partial charge in [-0.15, -0.1) is 45.3 Å². The molecule has 8 nitrogen and oxygen atoms in total. The van der Waals surface area contributed by atoms with Gasteiger partial charge in [0.1, 0.15) is 11.0 Å². The fourth-order valence-corrected chi connectivity index (χ4v) is 24.3. The summed E-state index contributed by atoms with van der Waals surface area (Å²) in [4.78, 5) is 43.5. The minimum absolute atomic E-state index is 0.156. The molecule has 0 N–H and O–H groups in total. The van der Waals surface area contributed by atoms with Crippen LogP contribution in [0.2, 0.25) is 15.1 Å². The number of fused-ring (bicyclic) bond motifs is 16. The Morgan fingerprint density at radius 3 is 1.19 bits per heavy atom. The van der Waals surface area contributed by atoms with E-state index in [9.17, 15) is 10.5 Å². The monoisotopic (exact) mass is 1600 g/mol. The molecule has 16 heteroatoms. The number of hydrogen-bond acceptors (Lipinski definition) is 11. The van der Waals surface area contributed by atoms with Crippen LogP contribution < -0.4 is 0 Å². The number of unbranched alkanes of at least 4 members (excludes halogenated alkanes) is 12. The molecule has 552 valence electrons. The van der Waals surface area contributed by atoms with Crippen molar-refractivity contribution < 1.29 is 9.59 Å². The highest BCUT2D eigenvalue weighted by atomic mass is 35.5. The zero-order valence-corrected chi connectivity index (χ0v) is 69.0. The number of halogens is 3. The predicted octanol–water partition coefficient (Wildman–Crippen LogP) is 28.6. The highest BCUT2D eigenvalue weighted by Gasteiger charge is 2.54. The summed E-state index contributed by atoms with van der Waals surface area (Å²) in [5.41, 5.74) is 16.7. The number of allylic oxidation sites excluding steroid dienone is 6. The van der Waals surface area contributed by atoms with Crippen molar-refractivity contribution in [3.8, 4) is 31.6 Å². The standard InChI is InChI=1S/C95H79Cl3N6O2S5/c1-8-12-16-20-24-55-28-36-59(37-29-55)94(60-38-30-56(31-39-60)25-21-17-13-9-2)71-47-63(45-69-78(76(52-99)101-6)65-44-54(5)73(96)50-67(65)86(69)105)107-88(71)92-82(94)80-84-85(104-111-103-84)91-81(90(80)109-92)83-93(110-91)89-72(48-64(108-89)46-70-79(77(53-100)102-7)66-49-74(97)75(98)51-68(66)87(70)106)95(83,61-40-32-57(33-41-61)26-22-18-14-10-3)62-42-34-58(35-43-62)27-23-19-15-11-4/h28-51H,8-27H2,1-5H3/b69-45-,70-46-,78-76?,79-77+. The topological polar surface area (TPSA) is 116 Å². The van der Waals surface area contributed by atoms with E-state index in [1.807, 2.05) is 36.5 Å². The summed E-state index contributed by atoms with van der Waals surface area (Å²) in [6.45, 7) is 27.5. The van der Waals surface area contributed by atoms with E-state index < -0.39 is 10.8 Å². The van der Waals surface area contributed by atoms with E-state index >= 15 is 9.59 Å². The smallest absolute Gasteiger partial charge is 0.270 e. The van der Waals surface area contributed by atoms with Crippen molar-refractivity contribution in [1.29, 1.82) is 10.5 Å². The lowest BCUT2D eigenvalue weighted by molar-refractivity contribution is 0.103. The number of nitriles is 2. The van der Waals surface area contributed by atoms with Gasteiger partial charge in [-0.05, 0) is 173 Å². The van der Waals surface area contributed by atoms with Crippen LogP contribution in [-0.4, -0.2) is 20.3 Å². The lowest BCUT2D eigenvalue weighted by atomic mass is 9.66. The molecule has 12 aromatic rings.